The van der Waals surface area contributed by atoms with Crippen molar-refractivity contribution in [2.24, 2.45) is 0 Å². The van der Waals surface area contributed by atoms with Crippen LogP contribution < -0.4 is 20.1 Å². The molecule has 2 N–H and O–H groups in total. The van der Waals surface area contributed by atoms with Gasteiger partial charge in [-0.1, -0.05) is 36.4 Å². The Kier molecular flexibility index (Phi) is 7.93. The predicted octanol–water partition coefficient (Wildman–Crippen LogP) is 3.42. The third kappa shape index (κ3) is 6.48. The lowest BCUT2D eigenvalue weighted by Gasteiger charge is -2.29. The van der Waals surface area contributed by atoms with Crippen molar-refractivity contribution >= 4 is 11.8 Å². The first kappa shape index (κ1) is 22.7. The number of amides is 2. The maximum Gasteiger partial charge on any atom is 0.220 e. The second kappa shape index (κ2) is 10.8. The van der Waals surface area contributed by atoms with E-state index < -0.39 is 5.54 Å². The van der Waals surface area contributed by atoms with Crippen molar-refractivity contribution in [3.63, 3.8) is 0 Å². The Morgan fingerprint density at radius 2 is 1.84 bits per heavy atom. The Bertz CT molecular complexity index is 884. The third-order valence-electron chi connectivity index (χ3n) is 5.86. The van der Waals surface area contributed by atoms with E-state index in [0.717, 1.165) is 24.8 Å². The zero-order chi connectivity index (χ0) is 22.1. The number of benzene rings is 2. The number of carbonyl (C=O) groups is 2. The van der Waals surface area contributed by atoms with Gasteiger partial charge in [0.2, 0.25) is 11.8 Å². The van der Waals surface area contributed by atoms with Crippen LogP contribution in [0.3, 0.4) is 0 Å². The maximum atomic E-state index is 12.4. The van der Waals surface area contributed by atoms with Gasteiger partial charge < -0.3 is 20.1 Å². The molecular weight excluding hydrogens is 392 g/mol. The predicted molar refractivity (Wildman–Crippen MR) is 120 cm³/mol. The summed E-state index contributed by atoms with van der Waals surface area (Å²) in [5.74, 6) is 1.41. The summed E-state index contributed by atoms with van der Waals surface area (Å²) in [7, 11) is 3.21. The zero-order valence-electron chi connectivity index (χ0n) is 18.4. The molecule has 0 radical (unpaired) electrons. The molecule has 1 atom stereocenters. The Morgan fingerprint density at radius 3 is 2.52 bits per heavy atom. The summed E-state index contributed by atoms with van der Waals surface area (Å²) >= 11 is 0. The second-order valence-corrected chi connectivity index (χ2v) is 8.13. The summed E-state index contributed by atoms with van der Waals surface area (Å²) < 4.78 is 10.7. The number of carbonyl (C=O) groups excluding carboxylic acids is 2. The first-order valence-electron chi connectivity index (χ1n) is 10.9. The molecule has 6 nitrogen and oxygen atoms in total. The molecule has 1 saturated heterocycles. The summed E-state index contributed by atoms with van der Waals surface area (Å²) in [6.07, 6.45) is 4.72. The minimum Gasteiger partial charge on any atom is -0.493 e. The number of rotatable bonds is 11. The Labute approximate surface area is 184 Å². The topological polar surface area (TPSA) is 76.7 Å². The van der Waals surface area contributed by atoms with E-state index in [1.165, 1.54) is 5.56 Å². The molecule has 1 aliphatic heterocycles. The number of ether oxygens (including phenoxy) is 2. The van der Waals surface area contributed by atoms with Crippen molar-refractivity contribution in [2.45, 2.75) is 50.5 Å². The highest BCUT2D eigenvalue weighted by molar-refractivity contribution is 5.80. The zero-order valence-corrected chi connectivity index (χ0v) is 18.4. The molecule has 0 spiro atoms. The molecule has 2 aromatic carbocycles. The minimum atomic E-state index is -0.405. The van der Waals surface area contributed by atoms with Crippen LogP contribution in [0.5, 0.6) is 11.5 Å². The van der Waals surface area contributed by atoms with E-state index in [1.807, 2.05) is 36.4 Å². The van der Waals surface area contributed by atoms with Gasteiger partial charge in [0.1, 0.15) is 0 Å². The van der Waals surface area contributed by atoms with Crippen LogP contribution in [0.1, 0.15) is 43.2 Å². The van der Waals surface area contributed by atoms with Gasteiger partial charge in [-0.2, -0.15) is 0 Å². The van der Waals surface area contributed by atoms with Gasteiger partial charge in [-0.25, -0.2) is 0 Å². The maximum absolute atomic E-state index is 12.4. The van der Waals surface area contributed by atoms with Crippen molar-refractivity contribution in [1.82, 2.24) is 10.6 Å². The van der Waals surface area contributed by atoms with Gasteiger partial charge in [0.15, 0.2) is 11.5 Å². The quantitative estimate of drug-likeness (QED) is 0.542. The Morgan fingerprint density at radius 1 is 1.06 bits per heavy atom. The monoisotopic (exact) mass is 424 g/mol. The molecule has 1 heterocycles. The van der Waals surface area contributed by atoms with Crippen LogP contribution in [0.15, 0.2) is 48.5 Å². The first-order chi connectivity index (χ1) is 15.0. The molecule has 2 aromatic rings. The number of methoxy groups -OCH3 is 2. The lowest BCUT2D eigenvalue weighted by atomic mass is 9.85. The van der Waals surface area contributed by atoms with Gasteiger partial charge in [-0.15, -0.1) is 0 Å². The summed E-state index contributed by atoms with van der Waals surface area (Å²) in [5, 5.41) is 6.15. The standard InChI is InChI=1S/C25H32N2O4/c1-30-21-11-10-20(17-22(21)31-2)18-25(15-13-24(29)27-25)14-12-23(28)26-16-6-9-19-7-4-3-5-8-19/h3-5,7-8,10-11,17H,6,9,12-16,18H2,1-2H3,(H,26,28)(H,27,29)/t25-/m1/s1. The van der Waals surface area contributed by atoms with Crippen LogP contribution >= 0.6 is 0 Å². The van der Waals surface area contributed by atoms with Crippen molar-refractivity contribution < 1.29 is 19.1 Å². The minimum absolute atomic E-state index is 0.0286. The van der Waals surface area contributed by atoms with Gasteiger partial charge in [0, 0.05) is 24.9 Å². The highest BCUT2D eigenvalue weighted by Gasteiger charge is 2.38. The van der Waals surface area contributed by atoms with E-state index in [4.69, 9.17) is 9.47 Å². The third-order valence-corrected chi connectivity index (χ3v) is 5.86. The molecule has 2 amide bonds. The van der Waals surface area contributed by atoms with Gasteiger partial charge >= 0.3 is 0 Å². The van der Waals surface area contributed by atoms with Crippen molar-refractivity contribution in [3.05, 3.63) is 59.7 Å². The van der Waals surface area contributed by atoms with Crippen molar-refractivity contribution in [3.8, 4) is 11.5 Å². The lowest BCUT2D eigenvalue weighted by Crippen LogP contribution is -2.44. The molecule has 0 aromatic heterocycles. The molecule has 31 heavy (non-hydrogen) atoms. The highest BCUT2D eigenvalue weighted by atomic mass is 16.5. The fourth-order valence-corrected chi connectivity index (χ4v) is 4.17. The molecule has 0 unspecified atom stereocenters. The highest BCUT2D eigenvalue weighted by Crippen LogP contribution is 2.33. The van der Waals surface area contributed by atoms with Crippen LogP contribution in [-0.4, -0.2) is 38.1 Å². The molecule has 6 heteroatoms. The van der Waals surface area contributed by atoms with Gasteiger partial charge in [0.05, 0.1) is 14.2 Å². The number of hydrogen-bond donors (Lipinski definition) is 2. The Balaban J connectivity index is 1.52. The summed E-state index contributed by atoms with van der Waals surface area (Å²) in [5.41, 5.74) is 1.92. The number of hydrogen-bond acceptors (Lipinski definition) is 4. The van der Waals surface area contributed by atoms with E-state index in [9.17, 15) is 9.59 Å². The smallest absolute Gasteiger partial charge is 0.220 e. The van der Waals surface area contributed by atoms with E-state index >= 15 is 0 Å². The van der Waals surface area contributed by atoms with E-state index in [2.05, 4.69) is 22.8 Å². The number of nitrogens with one attached hydrogen (secondary N) is 2. The van der Waals surface area contributed by atoms with Crippen LogP contribution in [0, 0.1) is 0 Å². The van der Waals surface area contributed by atoms with Crippen LogP contribution in [0.25, 0.3) is 0 Å². The molecule has 0 saturated carbocycles. The summed E-state index contributed by atoms with van der Waals surface area (Å²) in [6, 6.07) is 16.1. The molecule has 3 rings (SSSR count). The SMILES string of the molecule is COc1ccc(C[C@@]2(CCC(=O)NCCCc3ccccc3)CCC(=O)N2)cc1OC. The summed E-state index contributed by atoms with van der Waals surface area (Å²) in [6.45, 7) is 0.656. The summed E-state index contributed by atoms with van der Waals surface area (Å²) in [4.78, 5) is 24.4. The molecule has 1 aliphatic rings. The van der Waals surface area contributed by atoms with Crippen LogP contribution in [-0.2, 0) is 22.4 Å². The fraction of sp³-hybridized carbons (Fsp3) is 0.440. The first-order valence-corrected chi connectivity index (χ1v) is 10.9. The fourth-order valence-electron chi connectivity index (χ4n) is 4.17. The average Bonchev–Trinajstić information content (AvgIpc) is 3.16. The Hall–Kier alpha value is -3.02. The molecule has 0 aliphatic carbocycles. The van der Waals surface area contributed by atoms with E-state index in [-0.39, 0.29) is 11.8 Å². The molecule has 166 valence electrons. The van der Waals surface area contributed by atoms with Crippen LogP contribution in [0.4, 0.5) is 0 Å². The van der Waals surface area contributed by atoms with E-state index in [0.29, 0.717) is 43.7 Å². The average molecular weight is 425 g/mol. The normalized spacial score (nSPS) is 17.8. The largest absolute Gasteiger partial charge is 0.493 e. The molecule has 0 bridgehead atoms. The lowest BCUT2D eigenvalue weighted by molar-refractivity contribution is -0.122. The van der Waals surface area contributed by atoms with E-state index in [1.54, 1.807) is 14.2 Å². The van der Waals surface area contributed by atoms with Gasteiger partial charge in [-0.3, -0.25) is 9.59 Å². The number of aryl methyl sites for hydroxylation is 1. The van der Waals surface area contributed by atoms with Crippen molar-refractivity contribution in [1.29, 1.82) is 0 Å². The molecule has 1 fully saturated rings. The van der Waals surface area contributed by atoms with Gasteiger partial charge in [0.25, 0.3) is 0 Å². The van der Waals surface area contributed by atoms with Gasteiger partial charge in [-0.05, 0) is 55.4 Å². The molecular formula is C25H32N2O4. The van der Waals surface area contributed by atoms with Crippen molar-refractivity contribution in [2.75, 3.05) is 20.8 Å². The second-order valence-electron chi connectivity index (χ2n) is 8.13. The van der Waals surface area contributed by atoms with Crippen LogP contribution in [0.2, 0.25) is 0 Å².